The van der Waals surface area contributed by atoms with Crippen molar-refractivity contribution in [2.75, 3.05) is 11.1 Å². The molecular weight excluding hydrogens is 406 g/mol. The Morgan fingerprint density at radius 2 is 1.81 bits per heavy atom. The second-order valence-corrected chi connectivity index (χ2v) is 6.79. The molecule has 0 spiro atoms. The molecule has 0 aliphatic heterocycles. The fourth-order valence-electron chi connectivity index (χ4n) is 2.22. The molecule has 0 atom stereocenters. The van der Waals surface area contributed by atoms with E-state index in [0.717, 1.165) is 17.4 Å². The minimum absolute atomic E-state index is 0.0185. The number of benzene rings is 2. The number of ketones is 1. The summed E-state index contributed by atoms with van der Waals surface area (Å²) in [7, 11) is 0. The average Bonchev–Trinajstić information content (AvgIpc) is 2.96. The maximum Gasteiger partial charge on any atom is 0.417 e. The van der Waals surface area contributed by atoms with Crippen molar-refractivity contribution < 1.29 is 22.4 Å². The van der Waals surface area contributed by atoms with Crippen LogP contribution in [-0.4, -0.2) is 10.8 Å². The zero-order valence-corrected chi connectivity index (χ0v) is 14.8. The molecule has 2 aromatic carbocycles. The highest BCUT2D eigenvalue weighted by Crippen LogP contribution is 2.36. The van der Waals surface area contributed by atoms with E-state index in [0.29, 0.717) is 11.8 Å². The van der Waals surface area contributed by atoms with Crippen molar-refractivity contribution in [2.24, 2.45) is 0 Å². The van der Waals surface area contributed by atoms with Crippen LogP contribution in [0.3, 0.4) is 0 Å². The van der Waals surface area contributed by atoms with Gasteiger partial charge >= 0.3 is 6.18 Å². The molecule has 0 aliphatic carbocycles. The van der Waals surface area contributed by atoms with E-state index in [2.05, 4.69) is 10.3 Å². The van der Waals surface area contributed by atoms with Gasteiger partial charge in [-0.1, -0.05) is 22.9 Å². The van der Waals surface area contributed by atoms with Gasteiger partial charge in [0.2, 0.25) is 5.78 Å². The molecule has 3 aromatic rings. The van der Waals surface area contributed by atoms with Crippen LogP contribution in [0.1, 0.15) is 20.8 Å². The quantitative estimate of drug-likeness (QED) is 0.435. The lowest BCUT2D eigenvalue weighted by Gasteiger charge is -2.10. The Bertz CT molecular complexity index is 1000. The number of aromatic nitrogens is 1. The summed E-state index contributed by atoms with van der Waals surface area (Å²) in [5.74, 6) is -1.25. The minimum Gasteiger partial charge on any atom is -0.382 e. The summed E-state index contributed by atoms with van der Waals surface area (Å²) in [5.41, 5.74) is 4.93. The highest BCUT2D eigenvalue weighted by Gasteiger charge is 2.34. The normalized spacial score (nSPS) is 11.4. The fraction of sp³-hybridized carbons (Fsp3) is 0.0588. The molecule has 0 aliphatic rings. The SMILES string of the molecule is Nc1nc(Nc2ccc(F)cc2)sc1C(=O)c1ccc(Cl)c(C(F)(F)F)c1. The first-order chi connectivity index (χ1) is 12.6. The molecule has 10 heteroatoms. The lowest BCUT2D eigenvalue weighted by atomic mass is 10.1. The van der Waals surface area contributed by atoms with Crippen molar-refractivity contribution in [1.29, 1.82) is 0 Å². The van der Waals surface area contributed by atoms with E-state index in [1.807, 2.05) is 0 Å². The number of hydrogen-bond acceptors (Lipinski definition) is 5. The van der Waals surface area contributed by atoms with E-state index in [9.17, 15) is 22.4 Å². The summed E-state index contributed by atoms with van der Waals surface area (Å²) >= 11 is 6.44. The molecule has 0 unspecified atom stereocenters. The lowest BCUT2D eigenvalue weighted by Crippen LogP contribution is -2.09. The van der Waals surface area contributed by atoms with Crippen LogP contribution in [0, 0.1) is 5.82 Å². The van der Waals surface area contributed by atoms with Crippen molar-refractivity contribution in [2.45, 2.75) is 6.18 Å². The topological polar surface area (TPSA) is 68.0 Å². The van der Waals surface area contributed by atoms with Crippen molar-refractivity contribution in [3.63, 3.8) is 0 Å². The molecule has 0 bridgehead atoms. The highest BCUT2D eigenvalue weighted by atomic mass is 35.5. The number of nitrogens with one attached hydrogen (secondary N) is 1. The summed E-state index contributed by atoms with van der Waals surface area (Å²) in [6, 6.07) is 8.26. The first-order valence-electron chi connectivity index (χ1n) is 7.35. The highest BCUT2D eigenvalue weighted by molar-refractivity contribution is 7.18. The van der Waals surface area contributed by atoms with Gasteiger partial charge in [-0.05, 0) is 42.5 Å². The first-order valence-corrected chi connectivity index (χ1v) is 8.55. The van der Waals surface area contributed by atoms with E-state index in [-0.39, 0.29) is 21.4 Å². The van der Waals surface area contributed by atoms with Crippen molar-refractivity contribution in [3.05, 3.63) is 69.3 Å². The smallest absolute Gasteiger partial charge is 0.382 e. The molecule has 1 heterocycles. The second-order valence-electron chi connectivity index (χ2n) is 5.39. The zero-order chi connectivity index (χ0) is 19.8. The molecule has 1 aromatic heterocycles. The Labute approximate surface area is 159 Å². The third-order valence-corrected chi connectivity index (χ3v) is 4.80. The average molecular weight is 416 g/mol. The minimum atomic E-state index is -4.69. The number of carbonyl (C=O) groups is 1. The van der Waals surface area contributed by atoms with Gasteiger partial charge in [-0.15, -0.1) is 0 Å². The van der Waals surface area contributed by atoms with Crippen molar-refractivity contribution >= 4 is 45.4 Å². The van der Waals surface area contributed by atoms with E-state index in [1.165, 1.54) is 30.3 Å². The van der Waals surface area contributed by atoms with Crippen LogP contribution in [0.2, 0.25) is 5.02 Å². The van der Waals surface area contributed by atoms with Crippen molar-refractivity contribution in [1.82, 2.24) is 4.98 Å². The third kappa shape index (κ3) is 4.20. The molecular formula is C17H10ClF4N3OS. The van der Waals surface area contributed by atoms with Crippen LogP contribution >= 0.6 is 22.9 Å². The number of anilines is 3. The third-order valence-electron chi connectivity index (χ3n) is 3.49. The maximum atomic E-state index is 13.0. The largest absolute Gasteiger partial charge is 0.417 e. The van der Waals surface area contributed by atoms with Crippen LogP contribution in [0.4, 0.5) is 34.2 Å². The van der Waals surface area contributed by atoms with Crippen LogP contribution in [0.15, 0.2) is 42.5 Å². The number of carbonyl (C=O) groups excluding carboxylic acids is 1. The van der Waals surface area contributed by atoms with Crippen LogP contribution < -0.4 is 11.1 Å². The van der Waals surface area contributed by atoms with Gasteiger partial charge in [0.1, 0.15) is 16.5 Å². The van der Waals surface area contributed by atoms with E-state index in [1.54, 1.807) is 0 Å². The summed E-state index contributed by atoms with van der Waals surface area (Å²) in [6.45, 7) is 0. The zero-order valence-electron chi connectivity index (χ0n) is 13.3. The molecule has 3 N–H and O–H groups in total. The Morgan fingerprint density at radius 1 is 1.15 bits per heavy atom. The number of thiazole rings is 1. The van der Waals surface area contributed by atoms with Crippen LogP contribution in [0.25, 0.3) is 0 Å². The maximum absolute atomic E-state index is 13.0. The fourth-order valence-corrected chi connectivity index (χ4v) is 3.31. The number of halogens is 5. The Hall–Kier alpha value is -2.65. The molecule has 3 rings (SSSR count). The molecule has 0 saturated heterocycles. The molecule has 140 valence electrons. The first kappa shape index (κ1) is 19.1. The lowest BCUT2D eigenvalue weighted by molar-refractivity contribution is -0.137. The number of nitrogens with two attached hydrogens (primary N) is 1. The van der Waals surface area contributed by atoms with E-state index < -0.39 is 28.4 Å². The van der Waals surface area contributed by atoms with Gasteiger partial charge < -0.3 is 11.1 Å². The number of hydrogen-bond donors (Lipinski definition) is 2. The summed E-state index contributed by atoms with van der Waals surface area (Å²) in [6.07, 6.45) is -4.69. The van der Waals surface area contributed by atoms with E-state index in [4.69, 9.17) is 17.3 Å². The molecule has 0 fully saturated rings. The van der Waals surface area contributed by atoms with Crippen LogP contribution in [0.5, 0.6) is 0 Å². The summed E-state index contributed by atoms with van der Waals surface area (Å²) in [5, 5.41) is 2.59. The Morgan fingerprint density at radius 3 is 2.44 bits per heavy atom. The molecule has 0 amide bonds. The van der Waals surface area contributed by atoms with Gasteiger partial charge in [-0.3, -0.25) is 4.79 Å². The molecule has 0 saturated carbocycles. The van der Waals surface area contributed by atoms with Gasteiger partial charge in [-0.25, -0.2) is 9.37 Å². The second kappa shape index (κ2) is 7.16. The van der Waals surface area contributed by atoms with Crippen molar-refractivity contribution in [3.8, 4) is 0 Å². The monoisotopic (exact) mass is 415 g/mol. The number of rotatable bonds is 4. The van der Waals surface area contributed by atoms with Gasteiger partial charge in [-0.2, -0.15) is 13.2 Å². The number of nitrogens with zero attached hydrogens (tertiary/aromatic N) is 1. The van der Waals surface area contributed by atoms with Gasteiger partial charge in [0.05, 0.1) is 10.6 Å². The van der Waals surface area contributed by atoms with Gasteiger partial charge in [0, 0.05) is 11.3 Å². The summed E-state index contributed by atoms with van der Waals surface area (Å²) in [4.78, 5) is 16.5. The number of alkyl halides is 3. The molecule has 4 nitrogen and oxygen atoms in total. The van der Waals surface area contributed by atoms with Gasteiger partial charge in [0.15, 0.2) is 5.13 Å². The molecule has 0 radical (unpaired) electrons. The Balaban J connectivity index is 1.90. The predicted molar refractivity (Wildman–Crippen MR) is 96.1 cm³/mol. The molecule has 27 heavy (non-hydrogen) atoms. The summed E-state index contributed by atoms with van der Waals surface area (Å²) < 4.78 is 51.9. The predicted octanol–water partition coefficient (Wildman–Crippen LogP) is 5.51. The number of nitrogen functional groups attached to an aromatic ring is 1. The Kier molecular flexibility index (Phi) is 5.07. The van der Waals surface area contributed by atoms with Gasteiger partial charge in [0.25, 0.3) is 0 Å². The van der Waals surface area contributed by atoms with E-state index >= 15 is 0 Å². The standard InChI is InChI=1S/C17H10ClF4N3OS/c18-12-6-1-8(7-11(12)17(20,21)22)13(26)14-15(23)25-16(27-14)24-10-4-2-9(19)3-5-10/h1-7H,23H2,(H,24,25). The van der Waals surface area contributed by atoms with Crippen LogP contribution in [-0.2, 0) is 6.18 Å².